The molecule has 3 N–H and O–H groups in total. The first kappa shape index (κ1) is 19.5. The van der Waals surface area contributed by atoms with Crippen molar-refractivity contribution < 1.29 is 9.59 Å². The molecule has 0 radical (unpaired) electrons. The number of ketones is 1. The van der Waals surface area contributed by atoms with Crippen molar-refractivity contribution in [3.63, 3.8) is 0 Å². The summed E-state index contributed by atoms with van der Waals surface area (Å²) in [7, 11) is -0.118. The number of carbonyl (C=O) groups is 2. The normalized spacial score (nSPS) is 34.7. The molecule has 126 valence electrons. The molecule has 0 aromatic heterocycles. The fraction of sp³-hybridized carbons (Fsp3) is 0.765. The van der Waals surface area contributed by atoms with E-state index in [1.165, 1.54) is 0 Å². The first-order valence-corrected chi connectivity index (χ1v) is 9.25. The van der Waals surface area contributed by atoms with Crippen molar-refractivity contribution in [3.8, 4) is 0 Å². The maximum atomic E-state index is 12.6. The molecule has 0 fully saturated rings. The first-order chi connectivity index (χ1) is 10.2. The van der Waals surface area contributed by atoms with Crippen molar-refractivity contribution in [2.45, 2.75) is 77.3 Å². The second kappa shape index (κ2) is 8.33. The smallest absolute Gasteiger partial charge is 0.185 e. The molecule has 0 spiro atoms. The molecule has 5 heteroatoms. The largest absolute Gasteiger partial charge is 0.319 e. The summed E-state index contributed by atoms with van der Waals surface area (Å²) in [4.78, 5) is 25.0. The molecule has 0 saturated heterocycles. The van der Waals surface area contributed by atoms with Gasteiger partial charge in [0.25, 0.3) is 0 Å². The fourth-order valence-corrected chi connectivity index (χ4v) is 3.78. The summed E-state index contributed by atoms with van der Waals surface area (Å²) in [5.74, 6) is 0.123. The Kier molecular flexibility index (Phi) is 7.37. The molecule has 0 bridgehead atoms. The van der Waals surface area contributed by atoms with Crippen molar-refractivity contribution >= 4 is 20.0 Å². The second-order valence-electron chi connectivity index (χ2n) is 7.10. The molecule has 4 nitrogen and oxygen atoms in total. The topological polar surface area (TPSA) is 72.2 Å². The van der Waals surface area contributed by atoms with Crippen molar-refractivity contribution in [2.24, 2.45) is 11.7 Å². The maximum absolute atomic E-state index is 12.6. The highest BCUT2D eigenvalue weighted by atomic mass is 31.1. The summed E-state index contributed by atoms with van der Waals surface area (Å²) in [5, 5.41) is 3.25. The molecule has 0 aromatic carbocycles. The van der Waals surface area contributed by atoms with Crippen LogP contribution in [0.3, 0.4) is 0 Å². The van der Waals surface area contributed by atoms with Gasteiger partial charge in [-0.15, -0.1) is 0 Å². The van der Waals surface area contributed by atoms with Crippen LogP contribution in [-0.2, 0) is 9.59 Å². The third-order valence-corrected chi connectivity index (χ3v) is 5.79. The Morgan fingerprint density at radius 1 is 1.23 bits per heavy atom. The van der Waals surface area contributed by atoms with Crippen LogP contribution in [0.25, 0.3) is 0 Å². The van der Waals surface area contributed by atoms with Gasteiger partial charge in [-0.2, -0.15) is 0 Å². The minimum Gasteiger partial charge on any atom is -0.319 e. The second-order valence-corrected chi connectivity index (χ2v) is 8.06. The quantitative estimate of drug-likeness (QED) is 0.603. The monoisotopic (exact) mass is 326 g/mol. The fourth-order valence-electron chi connectivity index (χ4n) is 2.73. The molecule has 22 heavy (non-hydrogen) atoms. The summed E-state index contributed by atoms with van der Waals surface area (Å²) in [6, 6.07) is 0. The Hall–Kier alpha value is -0.570. The lowest BCUT2D eigenvalue weighted by molar-refractivity contribution is -0.127. The Bertz CT molecular complexity index is 432. The van der Waals surface area contributed by atoms with Crippen LogP contribution in [0.1, 0.15) is 66.2 Å². The Labute approximate surface area is 136 Å². The van der Waals surface area contributed by atoms with E-state index >= 15 is 0 Å². The average Bonchev–Trinajstić information content (AvgIpc) is 2.46. The number of hydrogen-bond donors (Lipinski definition) is 2. The van der Waals surface area contributed by atoms with E-state index in [9.17, 15) is 9.59 Å². The Balaban J connectivity index is 2.91. The van der Waals surface area contributed by atoms with E-state index in [4.69, 9.17) is 5.73 Å². The predicted molar refractivity (Wildman–Crippen MR) is 94.1 cm³/mol. The third-order valence-electron chi connectivity index (χ3n) is 4.32. The lowest BCUT2D eigenvalue weighted by atomic mass is 9.85. The maximum Gasteiger partial charge on any atom is 0.185 e. The van der Waals surface area contributed by atoms with Crippen molar-refractivity contribution in [1.29, 1.82) is 0 Å². The van der Waals surface area contributed by atoms with Gasteiger partial charge in [0.05, 0.1) is 11.1 Å². The number of allylic oxidation sites excluding steroid dienone is 2. The predicted octanol–water partition coefficient (Wildman–Crippen LogP) is 3.31. The standard InChI is InChI=1S/C17H31N2O2P/c1-13(2)14(20)17(4)12-10-8-6-5-7-9-11-16(3,18)15(21)22-19-17/h5-6,13,19,22H,7-12,18H2,1-4H3/b6-5-/t16-,17-/m1/s1. The van der Waals surface area contributed by atoms with E-state index in [-0.39, 0.29) is 26.0 Å². The number of nitrogens with two attached hydrogens (primary N) is 1. The molecule has 1 aliphatic heterocycles. The highest BCUT2D eigenvalue weighted by molar-refractivity contribution is 7.56. The van der Waals surface area contributed by atoms with E-state index in [1.54, 1.807) is 6.92 Å². The molecule has 1 heterocycles. The van der Waals surface area contributed by atoms with Gasteiger partial charge in [0.1, 0.15) is 0 Å². The molecule has 0 aromatic rings. The lowest BCUT2D eigenvalue weighted by Crippen LogP contribution is -2.50. The van der Waals surface area contributed by atoms with Crippen LogP contribution >= 0.6 is 8.73 Å². The van der Waals surface area contributed by atoms with Crippen molar-refractivity contribution in [3.05, 3.63) is 12.2 Å². The molecule has 1 rings (SSSR count). The minimum atomic E-state index is -0.810. The Morgan fingerprint density at radius 3 is 2.32 bits per heavy atom. The van der Waals surface area contributed by atoms with Gasteiger partial charge in [-0.25, -0.2) is 0 Å². The summed E-state index contributed by atoms with van der Waals surface area (Å²) in [6.07, 6.45) is 9.55. The van der Waals surface area contributed by atoms with Gasteiger partial charge < -0.3 is 5.73 Å². The zero-order valence-electron chi connectivity index (χ0n) is 14.4. The van der Waals surface area contributed by atoms with Crippen LogP contribution in [-0.4, -0.2) is 22.4 Å². The first-order valence-electron chi connectivity index (χ1n) is 8.25. The molecule has 3 atom stereocenters. The van der Waals surface area contributed by atoms with Gasteiger partial charge >= 0.3 is 0 Å². The molecule has 1 aliphatic rings. The zero-order valence-corrected chi connectivity index (χ0v) is 15.4. The van der Waals surface area contributed by atoms with E-state index in [2.05, 4.69) is 17.2 Å². The molecule has 0 saturated carbocycles. The zero-order chi connectivity index (χ0) is 16.8. The van der Waals surface area contributed by atoms with Crippen LogP contribution in [0.5, 0.6) is 0 Å². The van der Waals surface area contributed by atoms with E-state index < -0.39 is 11.1 Å². The van der Waals surface area contributed by atoms with E-state index in [0.717, 1.165) is 32.1 Å². The molecule has 0 amide bonds. The van der Waals surface area contributed by atoms with Gasteiger partial charge in [0, 0.05) is 14.6 Å². The lowest BCUT2D eigenvalue weighted by Gasteiger charge is -2.32. The number of nitrogens with one attached hydrogen (secondary N) is 1. The van der Waals surface area contributed by atoms with Crippen LogP contribution in [0.15, 0.2) is 12.2 Å². The summed E-state index contributed by atoms with van der Waals surface area (Å²) in [6.45, 7) is 7.55. The van der Waals surface area contributed by atoms with Crippen LogP contribution in [0.4, 0.5) is 0 Å². The summed E-state index contributed by atoms with van der Waals surface area (Å²) < 4.78 is 0. The number of carbonyl (C=O) groups excluding carboxylic acids is 2. The van der Waals surface area contributed by atoms with Gasteiger partial charge in [-0.3, -0.25) is 14.7 Å². The molecule has 0 aliphatic carbocycles. The van der Waals surface area contributed by atoms with Crippen molar-refractivity contribution in [1.82, 2.24) is 5.09 Å². The van der Waals surface area contributed by atoms with Crippen molar-refractivity contribution in [2.75, 3.05) is 0 Å². The SMILES string of the molecule is CC(C)C(=O)[C@@]1(C)CCC/C=C\CCC[C@@](C)(N)C(=O)PN1. The average molecular weight is 326 g/mol. The number of rotatable bonds is 2. The molecular weight excluding hydrogens is 295 g/mol. The minimum absolute atomic E-state index is 0.0125. The van der Waals surface area contributed by atoms with Gasteiger partial charge in [-0.05, 0) is 52.4 Å². The molecular formula is C17H31N2O2P. The van der Waals surface area contributed by atoms with Gasteiger partial charge in [0.2, 0.25) is 0 Å². The third kappa shape index (κ3) is 5.57. The van der Waals surface area contributed by atoms with Crippen LogP contribution in [0.2, 0.25) is 0 Å². The van der Waals surface area contributed by atoms with Gasteiger partial charge in [0.15, 0.2) is 11.3 Å². The van der Waals surface area contributed by atoms with Crippen LogP contribution < -0.4 is 10.8 Å². The number of Topliss-reactive ketones (excluding diaryl/α,β-unsaturated/α-hetero) is 1. The number of hydrogen-bond acceptors (Lipinski definition) is 4. The van der Waals surface area contributed by atoms with Gasteiger partial charge in [-0.1, -0.05) is 26.0 Å². The highest BCUT2D eigenvalue weighted by Crippen LogP contribution is 2.29. The van der Waals surface area contributed by atoms with Crippen LogP contribution in [0, 0.1) is 5.92 Å². The van der Waals surface area contributed by atoms with E-state index in [0.29, 0.717) is 6.42 Å². The summed E-state index contributed by atoms with van der Waals surface area (Å²) in [5.41, 5.74) is 4.74. The van der Waals surface area contributed by atoms with E-state index in [1.807, 2.05) is 20.8 Å². The summed E-state index contributed by atoms with van der Waals surface area (Å²) >= 11 is 0. The Morgan fingerprint density at radius 2 is 1.77 bits per heavy atom. The highest BCUT2D eigenvalue weighted by Gasteiger charge is 2.36. The molecule has 1 unspecified atom stereocenters.